The topological polar surface area (TPSA) is 73.4 Å². The summed E-state index contributed by atoms with van der Waals surface area (Å²) in [7, 11) is 1.71. The van der Waals surface area contributed by atoms with Gasteiger partial charge in [-0.15, -0.1) is 0 Å². The molecule has 1 amide bonds. The average Bonchev–Trinajstić information content (AvgIpc) is 3.37. The van der Waals surface area contributed by atoms with Crippen LogP contribution < -0.4 is 5.56 Å². The second-order valence-electron chi connectivity index (χ2n) is 6.39. The fourth-order valence-corrected chi connectivity index (χ4v) is 2.82. The molecule has 5 nitrogen and oxygen atoms in total. The molecule has 0 saturated heterocycles. The molecule has 1 fully saturated rings. The number of nitrogens with one attached hydrogen (secondary N) is 1. The molecule has 2 N–H and O–H groups in total. The molecule has 0 bridgehead atoms. The number of H-pyrrole nitrogens is 1. The number of amides is 1. The number of aliphatic hydroxyl groups is 1. The Balaban J connectivity index is 1.62. The number of benzene rings is 1. The number of para-hydroxylation sites is 1. The quantitative estimate of drug-likeness (QED) is 0.852. The summed E-state index contributed by atoms with van der Waals surface area (Å²) in [6, 6.07) is 9.44. The molecule has 0 radical (unpaired) electrons. The lowest BCUT2D eigenvalue weighted by Gasteiger charge is -2.20. The molecular formula is C18H22N2O3. The second kappa shape index (κ2) is 6.54. The Kier molecular flexibility index (Phi) is 4.48. The van der Waals surface area contributed by atoms with Gasteiger partial charge in [-0.25, -0.2) is 0 Å². The summed E-state index contributed by atoms with van der Waals surface area (Å²) in [4.78, 5) is 28.7. The number of aromatic nitrogens is 1. The predicted molar refractivity (Wildman–Crippen MR) is 89.3 cm³/mol. The molecule has 1 aliphatic rings. The van der Waals surface area contributed by atoms with Crippen molar-refractivity contribution in [3.8, 4) is 0 Å². The van der Waals surface area contributed by atoms with Crippen molar-refractivity contribution in [2.24, 2.45) is 5.92 Å². The first-order chi connectivity index (χ1) is 11.0. The number of aromatic amines is 1. The molecule has 0 spiro atoms. The van der Waals surface area contributed by atoms with Gasteiger partial charge >= 0.3 is 0 Å². The van der Waals surface area contributed by atoms with Crippen LogP contribution in [0, 0.1) is 5.92 Å². The van der Waals surface area contributed by atoms with Crippen LogP contribution in [-0.2, 0) is 11.2 Å². The summed E-state index contributed by atoms with van der Waals surface area (Å²) in [6.45, 7) is 0.373. The van der Waals surface area contributed by atoms with Crippen LogP contribution in [0.2, 0.25) is 0 Å². The van der Waals surface area contributed by atoms with Crippen molar-refractivity contribution in [2.75, 3.05) is 13.6 Å². The van der Waals surface area contributed by atoms with E-state index in [9.17, 15) is 14.7 Å². The van der Waals surface area contributed by atoms with E-state index in [-0.39, 0.29) is 17.9 Å². The molecule has 5 heteroatoms. The number of fused-ring (bicyclic) bond motifs is 1. The normalized spacial score (nSPS) is 15.6. The van der Waals surface area contributed by atoms with Crippen molar-refractivity contribution < 1.29 is 9.90 Å². The maximum Gasteiger partial charge on any atom is 0.251 e. The first-order valence-electron chi connectivity index (χ1n) is 8.07. The minimum atomic E-state index is -0.423. The van der Waals surface area contributed by atoms with Crippen molar-refractivity contribution in [3.05, 3.63) is 46.2 Å². The van der Waals surface area contributed by atoms with Gasteiger partial charge < -0.3 is 15.0 Å². The van der Waals surface area contributed by atoms with Crippen LogP contribution in [0.25, 0.3) is 10.9 Å². The third-order valence-corrected chi connectivity index (χ3v) is 4.49. The Morgan fingerprint density at radius 2 is 2.13 bits per heavy atom. The van der Waals surface area contributed by atoms with Gasteiger partial charge in [-0.2, -0.15) is 0 Å². The minimum Gasteiger partial charge on any atom is -0.391 e. The zero-order valence-electron chi connectivity index (χ0n) is 13.3. The first kappa shape index (κ1) is 15.7. The Labute approximate surface area is 134 Å². The zero-order chi connectivity index (χ0) is 16.4. The van der Waals surface area contributed by atoms with Crippen LogP contribution in [0.15, 0.2) is 35.1 Å². The highest BCUT2D eigenvalue weighted by Crippen LogP contribution is 2.32. The second-order valence-corrected chi connectivity index (χ2v) is 6.39. The zero-order valence-corrected chi connectivity index (χ0v) is 13.3. The average molecular weight is 314 g/mol. The van der Waals surface area contributed by atoms with Crippen molar-refractivity contribution in [1.82, 2.24) is 9.88 Å². The van der Waals surface area contributed by atoms with Gasteiger partial charge in [0, 0.05) is 31.1 Å². The number of pyridine rings is 1. The van der Waals surface area contributed by atoms with Crippen LogP contribution in [0.4, 0.5) is 0 Å². The summed E-state index contributed by atoms with van der Waals surface area (Å²) < 4.78 is 0. The fourth-order valence-electron chi connectivity index (χ4n) is 2.82. The van der Waals surface area contributed by atoms with Gasteiger partial charge in [0.15, 0.2) is 0 Å². The Morgan fingerprint density at radius 3 is 2.87 bits per heavy atom. The number of aryl methyl sites for hydroxylation is 1. The molecule has 1 aromatic carbocycles. The van der Waals surface area contributed by atoms with Gasteiger partial charge in [-0.1, -0.05) is 18.2 Å². The van der Waals surface area contributed by atoms with E-state index in [0.29, 0.717) is 24.4 Å². The number of carbonyl (C=O) groups excluding carboxylic acids is 1. The number of rotatable bonds is 6. The van der Waals surface area contributed by atoms with Crippen molar-refractivity contribution in [3.63, 3.8) is 0 Å². The van der Waals surface area contributed by atoms with E-state index in [1.54, 1.807) is 11.9 Å². The highest BCUT2D eigenvalue weighted by molar-refractivity contribution is 5.79. The van der Waals surface area contributed by atoms with E-state index in [1.165, 1.54) is 0 Å². The lowest BCUT2D eigenvalue weighted by atomic mass is 10.1. The number of aliphatic hydroxyl groups excluding tert-OH is 1. The van der Waals surface area contributed by atoms with E-state index in [2.05, 4.69) is 4.98 Å². The van der Waals surface area contributed by atoms with Crippen molar-refractivity contribution in [1.29, 1.82) is 0 Å². The maximum absolute atomic E-state index is 12.2. The molecule has 2 aromatic rings. The summed E-state index contributed by atoms with van der Waals surface area (Å²) >= 11 is 0. The molecular weight excluding hydrogens is 292 g/mol. The molecule has 0 aliphatic heterocycles. The van der Waals surface area contributed by atoms with Gasteiger partial charge in [0.1, 0.15) is 0 Å². The largest absolute Gasteiger partial charge is 0.391 e. The van der Waals surface area contributed by atoms with E-state index in [0.717, 1.165) is 23.7 Å². The van der Waals surface area contributed by atoms with E-state index in [4.69, 9.17) is 0 Å². The van der Waals surface area contributed by atoms with Gasteiger partial charge in [0.05, 0.1) is 6.10 Å². The highest BCUT2D eigenvalue weighted by atomic mass is 16.3. The molecule has 1 unspecified atom stereocenters. The minimum absolute atomic E-state index is 0.0442. The summed E-state index contributed by atoms with van der Waals surface area (Å²) in [5.74, 6) is 0.311. The first-order valence-corrected chi connectivity index (χ1v) is 8.07. The third-order valence-electron chi connectivity index (χ3n) is 4.49. The van der Waals surface area contributed by atoms with Gasteiger partial charge in [-0.05, 0) is 42.7 Å². The van der Waals surface area contributed by atoms with Gasteiger partial charge in [0.2, 0.25) is 5.91 Å². The number of hydrogen-bond acceptors (Lipinski definition) is 3. The standard InChI is InChI=1S/C18H22N2O3/c1-20(11-16(21)12-6-7-12)17(22)9-8-14-10-13-4-2-3-5-15(13)19-18(14)23/h2-5,10,12,16,21H,6-9,11H2,1H3,(H,19,23). The Morgan fingerprint density at radius 1 is 1.39 bits per heavy atom. The molecule has 1 atom stereocenters. The van der Waals surface area contributed by atoms with Crippen LogP contribution in [0.3, 0.4) is 0 Å². The fraction of sp³-hybridized carbons (Fsp3) is 0.444. The van der Waals surface area contributed by atoms with Crippen LogP contribution in [0.5, 0.6) is 0 Å². The number of nitrogens with zero attached hydrogens (tertiary/aromatic N) is 1. The summed E-state index contributed by atoms with van der Waals surface area (Å²) in [6.07, 6.45) is 2.36. The monoisotopic (exact) mass is 314 g/mol. The maximum atomic E-state index is 12.2. The van der Waals surface area contributed by atoms with Crippen molar-refractivity contribution in [2.45, 2.75) is 31.8 Å². The van der Waals surface area contributed by atoms with E-state index < -0.39 is 6.10 Å². The molecule has 1 heterocycles. The third kappa shape index (κ3) is 3.79. The predicted octanol–water partition coefficient (Wildman–Crippen LogP) is 1.69. The van der Waals surface area contributed by atoms with E-state index in [1.807, 2.05) is 30.3 Å². The Hall–Kier alpha value is -2.14. The van der Waals surface area contributed by atoms with E-state index >= 15 is 0 Å². The molecule has 1 aliphatic carbocycles. The number of carbonyl (C=O) groups is 1. The molecule has 3 rings (SSSR count). The van der Waals surface area contributed by atoms with Gasteiger partial charge in [0.25, 0.3) is 5.56 Å². The SMILES string of the molecule is CN(CC(O)C1CC1)C(=O)CCc1cc2ccccc2[nH]c1=O. The lowest BCUT2D eigenvalue weighted by Crippen LogP contribution is -2.35. The van der Waals surface area contributed by atoms with Crippen LogP contribution in [-0.4, -0.2) is 40.6 Å². The number of hydrogen-bond donors (Lipinski definition) is 2. The van der Waals surface area contributed by atoms with Crippen LogP contribution in [0.1, 0.15) is 24.8 Å². The van der Waals surface area contributed by atoms with Crippen molar-refractivity contribution >= 4 is 16.8 Å². The lowest BCUT2D eigenvalue weighted by molar-refractivity contribution is -0.131. The molecule has 23 heavy (non-hydrogen) atoms. The summed E-state index contributed by atoms with van der Waals surface area (Å²) in [5, 5.41) is 10.9. The number of likely N-dealkylation sites (N-methyl/N-ethyl adjacent to an activating group) is 1. The van der Waals surface area contributed by atoms with Crippen LogP contribution >= 0.6 is 0 Å². The highest BCUT2D eigenvalue weighted by Gasteiger charge is 2.31. The smallest absolute Gasteiger partial charge is 0.251 e. The van der Waals surface area contributed by atoms with Gasteiger partial charge in [-0.3, -0.25) is 9.59 Å². The molecule has 122 valence electrons. The molecule has 1 aromatic heterocycles. The Bertz CT molecular complexity index is 764. The molecule has 1 saturated carbocycles. The summed E-state index contributed by atoms with van der Waals surface area (Å²) in [5.41, 5.74) is 1.28.